The molecular weight excluding hydrogens is 334 g/mol. The lowest BCUT2D eigenvalue weighted by atomic mass is 9.94. The van der Waals surface area contributed by atoms with E-state index in [2.05, 4.69) is 32.7 Å². The lowest BCUT2D eigenvalue weighted by Crippen LogP contribution is -2.30. The predicted molar refractivity (Wildman–Crippen MR) is 86.3 cm³/mol. The van der Waals surface area contributed by atoms with Crippen LogP contribution in [0.1, 0.15) is 45.2 Å². The van der Waals surface area contributed by atoms with Crippen LogP contribution in [0.4, 0.5) is 0 Å². The Bertz CT molecular complexity index is 650. The average Bonchev–Trinajstić information content (AvgIpc) is 2.91. The number of thiophene rings is 1. The van der Waals surface area contributed by atoms with Crippen molar-refractivity contribution >= 4 is 33.2 Å². The van der Waals surface area contributed by atoms with Crippen LogP contribution in [-0.2, 0) is 6.42 Å². The van der Waals surface area contributed by atoms with E-state index in [1.54, 1.807) is 11.3 Å². The molecule has 1 amide bonds. The highest BCUT2D eigenvalue weighted by atomic mass is 79.9. The SMILES string of the molecule is Cc1cc(C(=O)NC2CCCc3sccc32)ccc1Br. The molecule has 1 heterocycles. The van der Waals surface area contributed by atoms with Gasteiger partial charge in [0, 0.05) is 14.9 Å². The predicted octanol–water partition coefficient (Wildman–Crippen LogP) is 4.63. The largest absolute Gasteiger partial charge is 0.345 e. The second-order valence-corrected chi connectivity index (χ2v) is 7.04. The summed E-state index contributed by atoms with van der Waals surface area (Å²) < 4.78 is 1.03. The summed E-state index contributed by atoms with van der Waals surface area (Å²) in [6, 6.07) is 8.04. The molecule has 20 heavy (non-hydrogen) atoms. The summed E-state index contributed by atoms with van der Waals surface area (Å²) in [6.45, 7) is 2.00. The number of rotatable bonds is 2. The minimum absolute atomic E-state index is 0.0182. The van der Waals surface area contributed by atoms with Gasteiger partial charge in [-0.1, -0.05) is 15.9 Å². The van der Waals surface area contributed by atoms with Crippen LogP contribution < -0.4 is 5.32 Å². The van der Waals surface area contributed by atoms with Crippen LogP contribution in [0, 0.1) is 6.92 Å². The molecule has 1 N–H and O–H groups in total. The van der Waals surface area contributed by atoms with Gasteiger partial charge >= 0.3 is 0 Å². The highest BCUT2D eigenvalue weighted by molar-refractivity contribution is 9.10. The highest BCUT2D eigenvalue weighted by Crippen LogP contribution is 2.33. The minimum atomic E-state index is 0.0182. The van der Waals surface area contributed by atoms with Crippen LogP contribution in [-0.4, -0.2) is 5.91 Å². The smallest absolute Gasteiger partial charge is 0.251 e. The summed E-state index contributed by atoms with van der Waals surface area (Å²) >= 11 is 5.26. The van der Waals surface area contributed by atoms with Crippen molar-refractivity contribution in [3.8, 4) is 0 Å². The molecule has 1 aromatic carbocycles. The number of carbonyl (C=O) groups is 1. The molecule has 0 fully saturated rings. The van der Waals surface area contributed by atoms with Crippen molar-refractivity contribution in [2.24, 2.45) is 0 Å². The van der Waals surface area contributed by atoms with Crippen molar-refractivity contribution in [1.82, 2.24) is 5.32 Å². The molecule has 3 rings (SSSR count). The van der Waals surface area contributed by atoms with Gasteiger partial charge in [0.15, 0.2) is 0 Å². The highest BCUT2D eigenvalue weighted by Gasteiger charge is 2.23. The van der Waals surface area contributed by atoms with Crippen molar-refractivity contribution in [3.63, 3.8) is 0 Å². The normalized spacial score (nSPS) is 17.6. The maximum Gasteiger partial charge on any atom is 0.251 e. The fourth-order valence-electron chi connectivity index (χ4n) is 2.66. The first-order chi connectivity index (χ1) is 9.65. The number of fused-ring (bicyclic) bond motifs is 1. The molecule has 104 valence electrons. The molecule has 0 spiro atoms. The average molecular weight is 350 g/mol. The van der Waals surface area contributed by atoms with Crippen molar-refractivity contribution < 1.29 is 4.79 Å². The second-order valence-electron chi connectivity index (χ2n) is 5.18. The van der Waals surface area contributed by atoms with Crippen LogP contribution in [0.2, 0.25) is 0 Å². The van der Waals surface area contributed by atoms with Crippen LogP contribution in [0.25, 0.3) is 0 Å². The van der Waals surface area contributed by atoms with E-state index in [4.69, 9.17) is 0 Å². The Morgan fingerprint density at radius 3 is 3.05 bits per heavy atom. The van der Waals surface area contributed by atoms with Gasteiger partial charge in [0.1, 0.15) is 0 Å². The van der Waals surface area contributed by atoms with E-state index in [-0.39, 0.29) is 11.9 Å². The second kappa shape index (κ2) is 5.70. The number of nitrogens with one attached hydrogen (secondary N) is 1. The molecule has 1 unspecified atom stereocenters. The van der Waals surface area contributed by atoms with Crippen LogP contribution in [0.15, 0.2) is 34.1 Å². The maximum absolute atomic E-state index is 12.4. The van der Waals surface area contributed by atoms with Gasteiger partial charge in [0.2, 0.25) is 0 Å². The molecule has 0 radical (unpaired) electrons. The molecule has 0 bridgehead atoms. The monoisotopic (exact) mass is 349 g/mol. The van der Waals surface area contributed by atoms with Crippen LogP contribution >= 0.6 is 27.3 Å². The summed E-state index contributed by atoms with van der Waals surface area (Å²) in [7, 11) is 0. The lowest BCUT2D eigenvalue weighted by molar-refractivity contribution is 0.0933. The molecule has 1 aromatic heterocycles. The number of halogens is 1. The summed E-state index contributed by atoms with van der Waals surface area (Å²) in [6.07, 6.45) is 3.33. The third-order valence-electron chi connectivity index (χ3n) is 3.78. The Hall–Kier alpha value is -1.13. The number of benzene rings is 1. The Morgan fingerprint density at radius 1 is 1.40 bits per heavy atom. The van der Waals surface area contributed by atoms with E-state index in [9.17, 15) is 4.79 Å². The topological polar surface area (TPSA) is 29.1 Å². The summed E-state index contributed by atoms with van der Waals surface area (Å²) in [4.78, 5) is 13.8. The molecule has 1 aliphatic carbocycles. The van der Waals surface area contributed by atoms with E-state index in [1.165, 1.54) is 10.4 Å². The molecule has 0 saturated heterocycles. The zero-order chi connectivity index (χ0) is 14.1. The van der Waals surface area contributed by atoms with Crippen molar-refractivity contribution in [3.05, 3.63) is 55.7 Å². The maximum atomic E-state index is 12.4. The molecule has 4 heteroatoms. The van der Waals surface area contributed by atoms with E-state index in [1.807, 2.05) is 25.1 Å². The fourth-order valence-corrected chi connectivity index (χ4v) is 3.90. The summed E-state index contributed by atoms with van der Waals surface area (Å²) in [5, 5.41) is 5.30. The van der Waals surface area contributed by atoms with Crippen molar-refractivity contribution in [1.29, 1.82) is 0 Å². The summed E-state index contributed by atoms with van der Waals surface area (Å²) in [5.41, 5.74) is 3.12. The van der Waals surface area contributed by atoms with Gasteiger partial charge in [-0.2, -0.15) is 0 Å². The van der Waals surface area contributed by atoms with Crippen LogP contribution in [0.5, 0.6) is 0 Å². The van der Waals surface area contributed by atoms with E-state index in [0.29, 0.717) is 0 Å². The van der Waals surface area contributed by atoms with Crippen LogP contribution in [0.3, 0.4) is 0 Å². The Morgan fingerprint density at radius 2 is 2.25 bits per heavy atom. The first-order valence-electron chi connectivity index (χ1n) is 6.78. The standard InChI is InChI=1S/C16H16BrNOS/c1-10-9-11(5-6-13(10)17)16(19)18-14-3-2-4-15-12(14)7-8-20-15/h5-9,14H,2-4H2,1H3,(H,18,19). The van der Waals surface area contributed by atoms with E-state index < -0.39 is 0 Å². The first-order valence-corrected chi connectivity index (χ1v) is 8.45. The van der Waals surface area contributed by atoms with Gasteiger partial charge in [0.05, 0.1) is 6.04 Å². The number of carbonyl (C=O) groups excluding carboxylic acids is 1. The van der Waals surface area contributed by atoms with E-state index >= 15 is 0 Å². The zero-order valence-electron chi connectivity index (χ0n) is 11.3. The third-order valence-corrected chi connectivity index (χ3v) is 5.66. The zero-order valence-corrected chi connectivity index (χ0v) is 13.7. The molecule has 2 aromatic rings. The van der Waals surface area contributed by atoms with Crippen molar-refractivity contribution in [2.45, 2.75) is 32.2 Å². The molecule has 0 saturated carbocycles. The number of hydrogen-bond donors (Lipinski definition) is 1. The third kappa shape index (κ3) is 2.67. The van der Waals surface area contributed by atoms with Gasteiger partial charge in [-0.05, 0) is 67.0 Å². The van der Waals surface area contributed by atoms with E-state index in [0.717, 1.165) is 34.9 Å². The number of hydrogen-bond acceptors (Lipinski definition) is 2. The molecule has 2 nitrogen and oxygen atoms in total. The molecular formula is C16H16BrNOS. The van der Waals surface area contributed by atoms with Gasteiger partial charge in [-0.3, -0.25) is 4.79 Å². The minimum Gasteiger partial charge on any atom is -0.345 e. The Labute approximate surface area is 131 Å². The molecule has 1 atom stereocenters. The Balaban J connectivity index is 1.79. The number of aryl methyl sites for hydroxylation is 2. The molecule has 1 aliphatic rings. The van der Waals surface area contributed by atoms with Gasteiger partial charge in [-0.25, -0.2) is 0 Å². The summed E-state index contributed by atoms with van der Waals surface area (Å²) in [5.74, 6) is 0.0182. The van der Waals surface area contributed by atoms with Crippen molar-refractivity contribution in [2.75, 3.05) is 0 Å². The Kier molecular flexibility index (Phi) is 3.94. The first kappa shape index (κ1) is 13.8. The van der Waals surface area contributed by atoms with Gasteiger partial charge < -0.3 is 5.32 Å². The quantitative estimate of drug-likeness (QED) is 0.841. The lowest BCUT2D eigenvalue weighted by Gasteiger charge is -2.23. The fraction of sp³-hybridized carbons (Fsp3) is 0.312. The van der Waals surface area contributed by atoms with Gasteiger partial charge in [0.25, 0.3) is 5.91 Å². The molecule has 0 aliphatic heterocycles. The number of amides is 1. The van der Waals surface area contributed by atoms with Gasteiger partial charge in [-0.15, -0.1) is 11.3 Å².